The van der Waals surface area contributed by atoms with Crippen LogP contribution in [0.15, 0.2) is 30.3 Å². The molecular weight excluding hydrogens is 310 g/mol. The summed E-state index contributed by atoms with van der Waals surface area (Å²) in [6.45, 7) is 2.00. The molecule has 1 heterocycles. The first-order chi connectivity index (χ1) is 11.4. The van der Waals surface area contributed by atoms with Gasteiger partial charge in [-0.3, -0.25) is 4.79 Å². The molecule has 24 heavy (non-hydrogen) atoms. The molecule has 1 unspecified atom stereocenters. The van der Waals surface area contributed by atoms with E-state index in [1.165, 1.54) is 4.90 Å². The summed E-state index contributed by atoms with van der Waals surface area (Å²) in [7, 11) is 3.11. The van der Waals surface area contributed by atoms with Gasteiger partial charge in [-0.1, -0.05) is 25.1 Å². The minimum atomic E-state index is -0.931. The molecule has 1 aromatic heterocycles. The Morgan fingerprint density at radius 3 is 2.75 bits per heavy atom. The van der Waals surface area contributed by atoms with Crippen molar-refractivity contribution in [1.29, 1.82) is 0 Å². The number of ether oxygens (including phenoxy) is 1. The summed E-state index contributed by atoms with van der Waals surface area (Å²) in [4.78, 5) is 28.7. The molecule has 0 aliphatic rings. The lowest BCUT2D eigenvalue weighted by Crippen LogP contribution is -2.40. The van der Waals surface area contributed by atoms with E-state index in [9.17, 15) is 9.59 Å². The molecule has 1 aromatic carbocycles. The van der Waals surface area contributed by atoms with E-state index in [-0.39, 0.29) is 12.6 Å². The number of carboxylic acid groups (broad SMARTS) is 1. The molecule has 7 heteroatoms. The van der Waals surface area contributed by atoms with Crippen LogP contribution in [0.5, 0.6) is 5.88 Å². The number of urea groups is 1. The van der Waals surface area contributed by atoms with Crippen LogP contribution >= 0.6 is 0 Å². The van der Waals surface area contributed by atoms with Crippen LogP contribution in [0.2, 0.25) is 0 Å². The first-order valence-electron chi connectivity index (χ1n) is 7.56. The quantitative estimate of drug-likeness (QED) is 0.846. The molecule has 7 nitrogen and oxygen atoms in total. The van der Waals surface area contributed by atoms with Crippen molar-refractivity contribution in [3.63, 3.8) is 0 Å². The van der Waals surface area contributed by atoms with E-state index in [4.69, 9.17) is 9.84 Å². The van der Waals surface area contributed by atoms with Crippen molar-refractivity contribution in [2.75, 3.05) is 20.7 Å². The monoisotopic (exact) mass is 331 g/mol. The highest BCUT2D eigenvalue weighted by atomic mass is 16.5. The van der Waals surface area contributed by atoms with Crippen molar-refractivity contribution in [2.24, 2.45) is 5.92 Å². The number of aromatic nitrogens is 1. The van der Waals surface area contributed by atoms with Gasteiger partial charge >= 0.3 is 12.0 Å². The van der Waals surface area contributed by atoms with Gasteiger partial charge < -0.3 is 20.1 Å². The Morgan fingerprint density at radius 1 is 1.38 bits per heavy atom. The number of amides is 2. The molecule has 2 rings (SSSR count). The summed E-state index contributed by atoms with van der Waals surface area (Å²) in [6, 6.07) is 9.05. The predicted octanol–water partition coefficient (Wildman–Crippen LogP) is 2.11. The van der Waals surface area contributed by atoms with Crippen LogP contribution < -0.4 is 10.1 Å². The number of aliphatic carboxylic acids is 1. The normalized spacial score (nSPS) is 11.8. The van der Waals surface area contributed by atoms with Crippen LogP contribution in [0.3, 0.4) is 0 Å². The van der Waals surface area contributed by atoms with E-state index < -0.39 is 11.9 Å². The Hall–Kier alpha value is -2.83. The fourth-order valence-electron chi connectivity index (χ4n) is 2.35. The average molecular weight is 331 g/mol. The molecule has 0 bridgehead atoms. The first-order valence-corrected chi connectivity index (χ1v) is 7.56. The molecule has 0 aliphatic heterocycles. The lowest BCUT2D eigenvalue weighted by atomic mass is 10.1. The number of methoxy groups -OCH3 is 1. The molecule has 0 aliphatic carbocycles. The summed E-state index contributed by atoms with van der Waals surface area (Å²) in [5.41, 5.74) is 1.67. The first kappa shape index (κ1) is 17.5. The van der Waals surface area contributed by atoms with E-state index in [1.54, 1.807) is 27.1 Å². The molecule has 0 radical (unpaired) electrons. The number of carbonyl (C=O) groups excluding carboxylic acids is 1. The van der Waals surface area contributed by atoms with Gasteiger partial charge in [-0.05, 0) is 11.6 Å². The van der Waals surface area contributed by atoms with Gasteiger partial charge in [-0.2, -0.15) is 0 Å². The molecule has 2 amide bonds. The van der Waals surface area contributed by atoms with Crippen LogP contribution in [-0.4, -0.2) is 47.7 Å². The number of rotatable bonds is 6. The Labute approximate surface area is 140 Å². The largest absolute Gasteiger partial charge is 0.481 e. The number of fused-ring (bicyclic) bond motifs is 1. The van der Waals surface area contributed by atoms with Gasteiger partial charge in [0.05, 0.1) is 18.5 Å². The second-order valence-electron chi connectivity index (χ2n) is 5.62. The van der Waals surface area contributed by atoms with Crippen LogP contribution in [0.25, 0.3) is 10.9 Å². The smallest absolute Gasteiger partial charge is 0.317 e. The van der Waals surface area contributed by atoms with Crippen LogP contribution in [0.1, 0.15) is 12.5 Å². The Bertz CT molecular complexity index is 748. The van der Waals surface area contributed by atoms with E-state index in [0.717, 1.165) is 16.5 Å². The third-order valence-corrected chi connectivity index (χ3v) is 3.73. The van der Waals surface area contributed by atoms with Crippen molar-refractivity contribution in [3.05, 3.63) is 35.9 Å². The van der Waals surface area contributed by atoms with Crippen molar-refractivity contribution in [1.82, 2.24) is 15.2 Å². The summed E-state index contributed by atoms with van der Waals surface area (Å²) >= 11 is 0. The number of para-hydroxylation sites is 1. The maximum atomic E-state index is 12.1. The summed E-state index contributed by atoms with van der Waals surface area (Å²) < 4.78 is 5.20. The number of hydrogen-bond donors (Lipinski definition) is 2. The Morgan fingerprint density at radius 2 is 2.08 bits per heavy atom. The molecule has 2 aromatic rings. The number of benzene rings is 1. The molecule has 2 N–H and O–H groups in total. The third kappa shape index (κ3) is 4.13. The summed E-state index contributed by atoms with van der Waals surface area (Å²) in [5.74, 6) is -1.08. The Kier molecular flexibility index (Phi) is 5.57. The van der Waals surface area contributed by atoms with E-state index >= 15 is 0 Å². The van der Waals surface area contributed by atoms with Crippen molar-refractivity contribution in [3.8, 4) is 5.88 Å². The van der Waals surface area contributed by atoms with Gasteiger partial charge in [0.1, 0.15) is 0 Å². The summed E-state index contributed by atoms with van der Waals surface area (Å²) in [5, 5.41) is 12.6. The number of pyridine rings is 1. The molecule has 128 valence electrons. The fraction of sp³-hybridized carbons (Fsp3) is 0.353. The lowest BCUT2D eigenvalue weighted by Gasteiger charge is -2.20. The van der Waals surface area contributed by atoms with Crippen molar-refractivity contribution < 1.29 is 19.4 Å². The van der Waals surface area contributed by atoms with Gasteiger partial charge in [0, 0.05) is 31.6 Å². The zero-order valence-electron chi connectivity index (χ0n) is 13.9. The standard InChI is InChI=1S/C17H21N3O4/c1-11(16(21)22)10-20(2)17(23)18-9-12-8-15(24-3)19-14-7-5-4-6-13(12)14/h4-8,11H,9-10H2,1-3H3,(H,18,23)(H,21,22). The lowest BCUT2D eigenvalue weighted by molar-refractivity contribution is -0.141. The van der Waals surface area contributed by atoms with Gasteiger partial charge in [-0.25, -0.2) is 9.78 Å². The van der Waals surface area contributed by atoms with E-state index in [1.807, 2.05) is 24.3 Å². The van der Waals surface area contributed by atoms with Crippen molar-refractivity contribution >= 4 is 22.9 Å². The topological polar surface area (TPSA) is 91.8 Å². The fourth-order valence-corrected chi connectivity index (χ4v) is 2.35. The second-order valence-corrected chi connectivity index (χ2v) is 5.62. The third-order valence-electron chi connectivity index (χ3n) is 3.73. The average Bonchev–Trinajstić information content (AvgIpc) is 2.58. The number of nitrogens with one attached hydrogen (secondary N) is 1. The molecule has 0 fully saturated rings. The predicted molar refractivity (Wildman–Crippen MR) is 90.0 cm³/mol. The summed E-state index contributed by atoms with van der Waals surface area (Å²) in [6.07, 6.45) is 0. The minimum absolute atomic E-state index is 0.140. The highest BCUT2D eigenvalue weighted by molar-refractivity contribution is 5.83. The SMILES string of the molecule is COc1cc(CNC(=O)N(C)CC(C)C(=O)O)c2ccccc2n1. The minimum Gasteiger partial charge on any atom is -0.481 e. The molecular formula is C17H21N3O4. The van der Waals surface area contributed by atoms with Crippen LogP contribution in [0.4, 0.5) is 4.79 Å². The highest BCUT2D eigenvalue weighted by Gasteiger charge is 2.17. The number of nitrogens with zero attached hydrogens (tertiary/aromatic N) is 2. The maximum Gasteiger partial charge on any atom is 0.317 e. The highest BCUT2D eigenvalue weighted by Crippen LogP contribution is 2.21. The zero-order chi connectivity index (χ0) is 17.7. The molecule has 0 saturated heterocycles. The van der Waals surface area contributed by atoms with Crippen LogP contribution in [0, 0.1) is 5.92 Å². The van der Waals surface area contributed by atoms with E-state index in [2.05, 4.69) is 10.3 Å². The van der Waals surface area contributed by atoms with Gasteiger partial charge in [0.25, 0.3) is 0 Å². The Balaban J connectivity index is 2.10. The van der Waals surface area contributed by atoms with E-state index in [0.29, 0.717) is 12.4 Å². The van der Waals surface area contributed by atoms with Gasteiger partial charge in [0.15, 0.2) is 0 Å². The van der Waals surface area contributed by atoms with Gasteiger partial charge in [-0.15, -0.1) is 0 Å². The molecule has 0 spiro atoms. The molecule has 1 atom stereocenters. The van der Waals surface area contributed by atoms with Crippen molar-refractivity contribution in [2.45, 2.75) is 13.5 Å². The number of hydrogen-bond acceptors (Lipinski definition) is 4. The molecule has 0 saturated carbocycles. The van der Waals surface area contributed by atoms with Gasteiger partial charge in [0.2, 0.25) is 5.88 Å². The second kappa shape index (κ2) is 7.63. The number of carbonyl (C=O) groups is 2. The zero-order valence-corrected chi connectivity index (χ0v) is 13.9. The maximum absolute atomic E-state index is 12.1. The van der Waals surface area contributed by atoms with Crippen LogP contribution in [-0.2, 0) is 11.3 Å². The number of carboxylic acids is 1.